The van der Waals surface area contributed by atoms with Gasteiger partial charge in [-0.05, 0) is 24.3 Å². The molecule has 2 aromatic rings. The van der Waals surface area contributed by atoms with Gasteiger partial charge in [-0.25, -0.2) is 9.78 Å². The van der Waals surface area contributed by atoms with E-state index in [2.05, 4.69) is 25.7 Å². The van der Waals surface area contributed by atoms with E-state index in [9.17, 15) is 9.59 Å². The van der Waals surface area contributed by atoms with E-state index in [4.69, 9.17) is 5.73 Å². The number of nitrogens with zero attached hydrogens (tertiary/aromatic N) is 1. The van der Waals surface area contributed by atoms with Gasteiger partial charge in [0.15, 0.2) is 0 Å². The lowest BCUT2D eigenvalue weighted by atomic mass is 10.1. The summed E-state index contributed by atoms with van der Waals surface area (Å²) in [5.41, 5.74) is 5.99. The molecule has 92 valence electrons. The van der Waals surface area contributed by atoms with Crippen LogP contribution in [0.15, 0.2) is 28.7 Å². The number of carbonyl (C=O) groups excluding carboxylic acids is 2. The quantitative estimate of drug-likeness (QED) is 0.859. The van der Waals surface area contributed by atoms with Gasteiger partial charge in [0.2, 0.25) is 0 Å². The van der Waals surface area contributed by atoms with Gasteiger partial charge in [-0.1, -0.05) is 15.9 Å². The number of nitrogens with two attached hydrogens (primary N) is 1. The first kappa shape index (κ1) is 12.5. The molecule has 0 aliphatic rings. The number of pyridine rings is 1. The number of hydrogen-bond acceptors (Lipinski definition) is 4. The van der Waals surface area contributed by atoms with Crippen molar-refractivity contribution in [3.63, 3.8) is 0 Å². The summed E-state index contributed by atoms with van der Waals surface area (Å²) in [4.78, 5) is 27.0. The van der Waals surface area contributed by atoms with Crippen molar-refractivity contribution in [2.45, 2.75) is 0 Å². The van der Waals surface area contributed by atoms with Crippen molar-refractivity contribution in [3.8, 4) is 0 Å². The number of esters is 1. The van der Waals surface area contributed by atoms with Gasteiger partial charge in [-0.3, -0.25) is 4.79 Å². The average molecular weight is 309 g/mol. The summed E-state index contributed by atoms with van der Waals surface area (Å²) in [6, 6.07) is 6.53. The number of carbonyl (C=O) groups is 2. The van der Waals surface area contributed by atoms with Gasteiger partial charge < -0.3 is 10.5 Å². The second kappa shape index (κ2) is 4.73. The van der Waals surface area contributed by atoms with Crippen LogP contribution in [-0.2, 0) is 4.74 Å². The number of fused-ring (bicyclic) bond motifs is 1. The maximum absolute atomic E-state index is 11.7. The molecule has 18 heavy (non-hydrogen) atoms. The average Bonchev–Trinajstić information content (AvgIpc) is 2.36. The largest absolute Gasteiger partial charge is 0.465 e. The third kappa shape index (κ3) is 2.19. The van der Waals surface area contributed by atoms with E-state index in [1.165, 1.54) is 13.2 Å². The van der Waals surface area contributed by atoms with Crippen LogP contribution >= 0.6 is 15.9 Å². The molecule has 0 radical (unpaired) electrons. The molecule has 1 aromatic carbocycles. The Kier molecular flexibility index (Phi) is 3.29. The molecule has 0 bridgehead atoms. The van der Waals surface area contributed by atoms with Crippen molar-refractivity contribution >= 4 is 38.7 Å². The smallest absolute Gasteiger partial charge is 0.338 e. The number of primary amides is 1. The van der Waals surface area contributed by atoms with Crippen LogP contribution in [0.4, 0.5) is 0 Å². The molecule has 0 aliphatic carbocycles. The number of rotatable bonds is 2. The van der Waals surface area contributed by atoms with Crippen molar-refractivity contribution in [2.75, 3.05) is 7.11 Å². The van der Waals surface area contributed by atoms with Gasteiger partial charge in [0, 0.05) is 9.86 Å². The zero-order chi connectivity index (χ0) is 13.3. The summed E-state index contributed by atoms with van der Waals surface area (Å²) < 4.78 is 5.48. The molecular weight excluding hydrogens is 300 g/mol. The predicted octanol–water partition coefficient (Wildman–Crippen LogP) is 1.88. The second-order valence-electron chi connectivity index (χ2n) is 3.57. The van der Waals surface area contributed by atoms with Crippen molar-refractivity contribution in [3.05, 3.63) is 40.0 Å². The normalized spacial score (nSPS) is 10.3. The van der Waals surface area contributed by atoms with Crippen LogP contribution in [0, 0.1) is 0 Å². The van der Waals surface area contributed by atoms with E-state index in [0.717, 1.165) is 4.47 Å². The molecule has 6 heteroatoms. The molecule has 2 N–H and O–H groups in total. The van der Waals surface area contributed by atoms with Gasteiger partial charge in [0.05, 0.1) is 18.2 Å². The van der Waals surface area contributed by atoms with Gasteiger partial charge in [0.1, 0.15) is 5.69 Å². The fourth-order valence-electron chi connectivity index (χ4n) is 1.60. The van der Waals surface area contributed by atoms with E-state index >= 15 is 0 Å². The second-order valence-corrected chi connectivity index (χ2v) is 4.49. The fraction of sp³-hybridized carbons (Fsp3) is 0.0833. The lowest BCUT2D eigenvalue weighted by molar-refractivity contribution is 0.0603. The van der Waals surface area contributed by atoms with Gasteiger partial charge in [-0.2, -0.15) is 0 Å². The van der Waals surface area contributed by atoms with Crippen LogP contribution in [0.3, 0.4) is 0 Å². The topological polar surface area (TPSA) is 82.3 Å². The van der Waals surface area contributed by atoms with E-state index in [1.54, 1.807) is 18.2 Å². The maximum Gasteiger partial charge on any atom is 0.338 e. The minimum Gasteiger partial charge on any atom is -0.465 e. The minimum absolute atomic E-state index is 0.0326. The number of methoxy groups -OCH3 is 1. The fourth-order valence-corrected chi connectivity index (χ4v) is 1.96. The number of benzene rings is 1. The van der Waals surface area contributed by atoms with E-state index in [1.807, 2.05) is 0 Å². The van der Waals surface area contributed by atoms with Crippen molar-refractivity contribution in [1.82, 2.24) is 4.98 Å². The van der Waals surface area contributed by atoms with Crippen LogP contribution in [0.25, 0.3) is 10.9 Å². The standard InChI is InChI=1S/C12H9BrN2O3/c1-18-12(17)8-5-10(11(14)16)15-9-3-2-6(13)4-7(8)9/h2-5H,1H3,(H2,14,16). The number of halogens is 1. The summed E-state index contributed by atoms with van der Waals surface area (Å²) in [6.45, 7) is 0. The lowest BCUT2D eigenvalue weighted by Crippen LogP contribution is -2.15. The highest BCUT2D eigenvalue weighted by Gasteiger charge is 2.15. The molecule has 1 aromatic heterocycles. The Labute approximate surface area is 111 Å². The van der Waals surface area contributed by atoms with E-state index < -0.39 is 11.9 Å². The number of ether oxygens (including phenoxy) is 1. The minimum atomic E-state index is -0.690. The van der Waals surface area contributed by atoms with Crippen LogP contribution in [0.2, 0.25) is 0 Å². The van der Waals surface area contributed by atoms with Gasteiger partial charge >= 0.3 is 5.97 Å². The molecule has 0 aliphatic heterocycles. The highest BCUT2D eigenvalue weighted by atomic mass is 79.9. The number of amides is 1. The lowest BCUT2D eigenvalue weighted by Gasteiger charge is -2.06. The molecule has 0 spiro atoms. The SMILES string of the molecule is COC(=O)c1cc(C(N)=O)nc2ccc(Br)cc12. The number of aromatic nitrogens is 1. The molecular formula is C12H9BrN2O3. The zero-order valence-electron chi connectivity index (χ0n) is 9.44. The van der Waals surface area contributed by atoms with Crippen molar-refractivity contribution in [2.24, 2.45) is 5.73 Å². The summed E-state index contributed by atoms with van der Waals surface area (Å²) in [5.74, 6) is -1.23. The third-order valence-corrected chi connectivity index (χ3v) is 2.92. The molecule has 0 unspecified atom stereocenters. The summed E-state index contributed by atoms with van der Waals surface area (Å²) in [6.07, 6.45) is 0. The first-order chi connectivity index (χ1) is 8.52. The molecule has 0 fully saturated rings. The molecule has 0 atom stereocenters. The van der Waals surface area contributed by atoms with E-state index in [0.29, 0.717) is 10.9 Å². The van der Waals surface area contributed by atoms with Gasteiger partial charge in [-0.15, -0.1) is 0 Å². The Balaban J connectivity index is 2.81. The molecule has 0 saturated heterocycles. The third-order valence-electron chi connectivity index (χ3n) is 2.43. The summed E-state index contributed by atoms with van der Waals surface area (Å²) in [7, 11) is 1.27. The van der Waals surface area contributed by atoms with Crippen LogP contribution in [-0.4, -0.2) is 24.0 Å². The summed E-state index contributed by atoms with van der Waals surface area (Å²) in [5, 5.41) is 0.598. The van der Waals surface area contributed by atoms with Crippen LogP contribution in [0.5, 0.6) is 0 Å². The van der Waals surface area contributed by atoms with Crippen LogP contribution < -0.4 is 5.73 Å². The molecule has 1 amide bonds. The Bertz CT molecular complexity index is 655. The maximum atomic E-state index is 11.7. The highest BCUT2D eigenvalue weighted by Crippen LogP contribution is 2.23. The zero-order valence-corrected chi connectivity index (χ0v) is 11.0. The highest BCUT2D eigenvalue weighted by molar-refractivity contribution is 9.10. The first-order valence-electron chi connectivity index (χ1n) is 5.01. The van der Waals surface area contributed by atoms with Gasteiger partial charge in [0.25, 0.3) is 5.91 Å². The Morgan fingerprint density at radius 2 is 2.06 bits per heavy atom. The predicted molar refractivity (Wildman–Crippen MR) is 69.3 cm³/mol. The number of hydrogen-bond donors (Lipinski definition) is 1. The monoisotopic (exact) mass is 308 g/mol. The Morgan fingerprint density at radius 1 is 1.33 bits per heavy atom. The Morgan fingerprint density at radius 3 is 2.67 bits per heavy atom. The van der Waals surface area contributed by atoms with Crippen molar-refractivity contribution in [1.29, 1.82) is 0 Å². The van der Waals surface area contributed by atoms with E-state index in [-0.39, 0.29) is 11.3 Å². The Hall–Kier alpha value is -1.95. The molecule has 0 saturated carbocycles. The van der Waals surface area contributed by atoms with Crippen molar-refractivity contribution < 1.29 is 14.3 Å². The molecule has 2 rings (SSSR count). The molecule has 1 heterocycles. The van der Waals surface area contributed by atoms with Crippen LogP contribution in [0.1, 0.15) is 20.8 Å². The summed E-state index contributed by atoms with van der Waals surface area (Å²) >= 11 is 3.31. The molecule has 5 nitrogen and oxygen atoms in total. The first-order valence-corrected chi connectivity index (χ1v) is 5.80.